The van der Waals surface area contributed by atoms with Gasteiger partial charge in [0.1, 0.15) is 0 Å². The zero-order valence-corrected chi connectivity index (χ0v) is 14.5. The van der Waals surface area contributed by atoms with Crippen molar-refractivity contribution in [2.45, 2.75) is 33.4 Å². The highest BCUT2D eigenvalue weighted by Crippen LogP contribution is 2.08. The molecule has 1 amide bonds. The molecule has 1 aromatic heterocycles. The summed E-state index contributed by atoms with van der Waals surface area (Å²) in [5, 5.41) is 2.92. The molecule has 0 fully saturated rings. The van der Waals surface area contributed by atoms with Crippen molar-refractivity contribution >= 4 is 11.6 Å². The second-order valence-electron chi connectivity index (χ2n) is 5.81. The minimum atomic E-state index is -0.0421. The van der Waals surface area contributed by atoms with Crippen LogP contribution in [0.1, 0.15) is 30.7 Å². The number of nitrogens with one attached hydrogen (secondary N) is 1. The van der Waals surface area contributed by atoms with Gasteiger partial charge in [-0.3, -0.25) is 14.7 Å². The SMILES string of the molecule is CCN(CC)Cc1ccc(CNC(=O)Cc2ccc(N)cn2)cc1. The maximum absolute atomic E-state index is 12.0. The predicted molar refractivity (Wildman–Crippen MR) is 97.3 cm³/mol. The molecule has 0 bridgehead atoms. The van der Waals surface area contributed by atoms with Gasteiger partial charge in [0.25, 0.3) is 0 Å². The number of hydrogen-bond donors (Lipinski definition) is 2. The van der Waals surface area contributed by atoms with Crippen LogP contribution in [0.4, 0.5) is 5.69 Å². The summed E-state index contributed by atoms with van der Waals surface area (Å²) in [5.41, 5.74) is 9.29. The van der Waals surface area contributed by atoms with Crippen LogP contribution in [0.2, 0.25) is 0 Å². The van der Waals surface area contributed by atoms with Gasteiger partial charge >= 0.3 is 0 Å². The summed E-state index contributed by atoms with van der Waals surface area (Å²) in [7, 11) is 0. The first-order chi connectivity index (χ1) is 11.6. The van der Waals surface area contributed by atoms with Crippen molar-refractivity contribution in [3.63, 3.8) is 0 Å². The third kappa shape index (κ3) is 5.66. The van der Waals surface area contributed by atoms with E-state index in [1.165, 1.54) is 5.56 Å². The molecule has 0 saturated heterocycles. The number of hydrogen-bond acceptors (Lipinski definition) is 4. The van der Waals surface area contributed by atoms with E-state index in [2.05, 4.69) is 53.3 Å². The molecular formula is C19H26N4O. The first kappa shape index (κ1) is 17.9. The third-order valence-electron chi connectivity index (χ3n) is 4.00. The minimum Gasteiger partial charge on any atom is -0.397 e. The number of nitrogens with two attached hydrogens (primary N) is 1. The normalized spacial score (nSPS) is 10.8. The number of carbonyl (C=O) groups excluding carboxylic acids is 1. The average molecular weight is 326 g/mol. The molecule has 1 heterocycles. The van der Waals surface area contributed by atoms with Crippen LogP contribution in [0.3, 0.4) is 0 Å². The Morgan fingerprint density at radius 3 is 2.33 bits per heavy atom. The molecule has 0 atom stereocenters. The van der Waals surface area contributed by atoms with Crippen LogP contribution in [0.15, 0.2) is 42.6 Å². The fourth-order valence-corrected chi connectivity index (χ4v) is 2.44. The molecule has 128 valence electrons. The first-order valence-corrected chi connectivity index (χ1v) is 8.38. The van der Waals surface area contributed by atoms with Gasteiger partial charge in [0.2, 0.25) is 5.91 Å². The van der Waals surface area contributed by atoms with E-state index in [4.69, 9.17) is 5.73 Å². The lowest BCUT2D eigenvalue weighted by Gasteiger charge is -2.18. The summed E-state index contributed by atoms with van der Waals surface area (Å²) in [5.74, 6) is -0.0421. The molecule has 5 heteroatoms. The highest BCUT2D eigenvalue weighted by molar-refractivity contribution is 5.78. The largest absolute Gasteiger partial charge is 0.397 e. The molecule has 0 aliphatic rings. The summed E-state index contributed by atoms with van der Waals surface area (Å²) in [6, 6.07) is 11.9. The number of rotatable bonds is 8. The van der Waals surface area contributed by atoms with Crippen LogP contribution in [-0.2, 0) is 24.3 Å². The zero-order chi connectivity index (χ0) is 17.4. The second-order valence-corrected chi connectivity index (χ2v) is 5.81. The molecule has 2 aromatic rings. The number of nitrogen functional groups attached to an aromatic ring is 1. The lowest BCUT2D eigenvalue weighted by Crippen LogP contribution is -2.25. The van der Waals surface area contributed by atoms with Gasteiger partial charge in [0.15, 0.2) is 0 Å². The molecule has 0 aliphatic carbocycles. The average Bonchev–Trinajstić information content (AvgIpc) is 2.61. The van der Waals surface area contributed by atoms with Crippen LogP contribution in [0, 0.1) is 0 Å². The van der Waals surface area contributed by atoms with E-state index >= 15 is 0 Å². The van der Waals surface area contributed by atoms with E-state index in [0.717, 1.165) is 30.9 Å². The Morgan fingerprint density at radius 2 is 1.75 bits per heavy atom. The van der Waals surface area contributed by atoms with Gasteiger partial charge in [-0.1, -0.05) is 38.1 Å². The van der Waals surface area contributed by atoms with Crippen LogP contribution in [-0.4, -0.2) is 28.9 Å². The summed E-state index contributed by atoms with van der Waals surface area (Å²) in [6.45, 7) is 7.93. The van der Waals surface area contributed by atoms with Crippen molar-refractivity contribution < 1.29 is 4.79 Å². The number of benzene rings is 1. The van der Waals surface area contributed by atoms with Crippen molar-refractivity contribution in [2.75, 3.05) is 18.8 Å². The molecule has 0 aliphatic heterocycles. The lowest BCUT2D eigenvalue weighted by molar-refractivity contribution is -0.120. The minimum absolute atomic E-state index is 0.0421. The zero-order valence-electron chi connectivity index (χ0n) is 14.5. The Kier molecular flexibility index (Phi) is 6.75. The number of pyridine rings is 1. The Balaban J connectivity index is 1.81. The highest BCUT2D eigenvalue weighted by atomic mass is 16.1. The Labute approximate surface area is 143 Å². The number of anilines is 1. The molecule has 0 unspecified atom stereocenters. The van der Waals surface area contributed by atoms with Crippen molar-refractivity contribution in [2.24, 2.45) is 0 Å². The summed E-state index contributed by atoms with van der Waals surface area (Å²) in [6.07, 6.45) is 1.83. The molecule has 0 saturated carbocycles. The Bertz CT molecular complexity index is 633. The third-order valence-corrected chi connectivity index (χ3v) is 4.00. The maximum atomic E-state index is 12.0. The quantitative estimate of drug-likeness (QED) is 0.781. The first-order valence-electron chi connectivity index (χ1n) is 8.38. The molecule has 5 nitrogen and oxygen atoms in total. The van der Waals surface area contributed by atoms with Crippen molar-refractivity contribution in [1.82, 2.24) is 15.2 Å². The lowest BCUT2D eigenvalue weighted by atomic mass is 10.1. The smallest absolute Gasteiger partial charge is 0.226 e. The second kappa shape index (κ2) is 9.03. The van der Waals surface area contributed by atoms with Gasteiger partial charge < -0.3 is 11.1 Å². The van der Waals surface area contributed by atoms with Gasteiger partial charge in [-0.2, -0.15) is 0 Å². The molecule has 1 aromatic carbocycles. The Hall–Kier alpha value is -2.40. The number of aromatic nitrogens is 1. The van der Waals surface area contributed by atoms with Gasteiger partial charge in [-0.25, -0.2) is 0 Å². The summed E-state index contributed by atoms with van der Waals surface area (Å²) in [4.78, 5) is 18.5. The molecule has 0 radical (unpaired) electrons. The molecular weight excluding hydrogens is 300 g/mol. The van der Waals surface area contributed by atoms with Gasteiger partial charge in [0.05, 0.1) is 18.3 Å². The van der Waals surface area contributed by atoms with E-state index in [1.807, 2.05) is 0 Å². The van der Waals surface area contributed by atoms with Crippen LogP contribution in [0.25, 0.3) is 0 Å². The van der Waals surface area contributed by atoms with Crippen LogP contribution >= 0.6 is 0 Å². The predicted octanol–water partition coefficient (Wildman–Crippen LogP) is 2.36. The fourth-order valence-electron chi connectivity index (χ4n) is 2.44. The molecule has 2 rings (SSSR count). The van der Waals surface area contributed by atoms with Crippen LogP contribution in [0.5, 0.6) is 0 Å². The van der Waals surface area contributed by atoms with Gasteiger partial charge in [-0.15, -0.1) is 0 Å². The maximum Gasteiger partial charge on any atom is 0.226 e. The molecule has 3 N–H and O–H groups in total. The fraction of sp³-hybridized carbons (Fsp3) is 0.368. The number of amides is 1. The number of nitrogens with zero attached hydrogens (tertiary/aromatic N) is 2. The van der Waals surface area contributed by atoms with Crippen LogP contribution < -0.4 is 11.1 Å². The molecule has 24 heavy (non-hydrogen) atoms. The summed E-state index contributed by atoms with van der Waals surface area (Å²) >= 11 is 0. The Morgan fingerprint density at radius 1 is 1.08 bits per heavy atom. The van der Waals surface area contributed by atoms with E-state index in [0.29, 0.717) is 12.2 Å². The monoisotopic (exact) mass is 326 g/mol. The standard InChI is InChI=1S/C19H26N4O/c1-3-23(4-2)14-16-7-5-15(6-8-16)12-22-19(24)11-18-10-9-17(20)13-21-18/h5-10,13H,3-4,11-12,14,20H2,1-2H3,(H,22,24). The van der Waals surface area contributed by atoms with Crippen molar-refractivity contribution in [3.05, 3.63) is 59.4 Å². The van der Waals surface area contributed by atoms with E-state index in [-0.39, 0.29) is 12.3 Å². The summed E-state index contributed by atoms with van der Waals surface area (Å²) < 4.78 is 0. The van der Waals surface area contributed by atoms with Gasteiger partial charge in [-0.05, 0) is 36.3 Å². The van der Waals surface area contributed by atoms with Crippen molar-refractivity contribution in [3.8, 4) is 0 Å². The van der Waals surface area contributed by atoms with Gasteiger partial charge in [0, 0.05) is 18.8 Å². The number of carbonyl (C=O) groups is 1. The van der Waals surface area contributed by atoms with E-state index in [9.17, 15) is 4.79 Å². The highest BCUT2D eigenvalue weighted by Gasteiger charge is 2.05. The van der Waals surface area contributed by atoms with Crippen molar-refractivity contribution in [1.29, 1.82) is 0 Å². The molecule has 0 spiro atoms. The van der Waals surface area contributed by atoms with E-state index < -0.39 is 0 Å². The van der Waals surface area contributed by atoms with E-state index in [1.54, 1.807) is 18.3 Å². The topological polar surface area (TPSA) is 71.2 Å².